The summed E-state index contributed by atoms with van der Waals surface area (Å²) in [5.41, 5.74) is 0. The zero-order valence-electron chi connectivity index (χ0n) is 15.0. The molecule has 2 aliphatic heterocycles. The summed E-state index contributed by atoms with van der Waals surface area (Å²) in [6, 6.07) is 8.40. The number of sulfonamides is 1. The molecule has 1 aromatic carbocycles. The first-order valence-corrected chi connectivity index (χ1v) is 10.7. The van der Waals surface area contributed by atoms with Crippen LogP contribution in [0.3, 0.4) is 0 Å². The number of ether oxygens (including phenoxy) is 1. The fourth-order valence-electron chi connectivity index (χ4n) is 3.36. The maximum absolute atomic E-state index is 13.0. The SMILES string of the molecule is O=C(CCN(CC1CCCO1)S(=O)(=O)c1ccccc1)N1CCNCC1. The van der Waals surface area contributed by atoms with Crippen molar-refractivity contribution in [3.8, 4) is 0 Å². The molecule has 2 aliphatic rings. The van der Waals surface area contributed by atoms with Crippen molar-refractivity contribution >= 4 is 15.9 Å². The Labute approximate surface area is 155 Å². The Bertz CT molecular complexity index is 684. The second-order valence-electron chi connectivity index (χ2n) is 6.69. The van der Waals surface area contributed by atoms with Gasteiger partial charge < -0.3 is 15.0 Å². The number of nitrogens with zero attached hydrogens (tertiary/aromatic N) is 2. The van der Waals surface area contributed by atoms with E-state index in [1.807, 2.05) is 0 Å². The van der Waals surface area contributed by atoms with Crippen molar-refractivity contribution < 1.29 is 17.9 Å². The molecule has 0 aliphatic carbocycles. The Morgan fingerprint density at radius 2 is 1.96 bits per heavy atom. The molecule has 1 aromatic rings. The quantitative estimate of drug-likeness (QED) is 0.751. The molecule has 3 rings (SSSR count). The van der Waals surface area contributed by atoms with Crippen LogP contribution in [0.4, 0.5) is 0 Å². The number of benzene rings is 1. The smallest absolute Gasteiger partial charge is 0.243 e. The van der Waals surface area contributed by atoms with E-state index >= 15 is 0 Å². The molecule has 0 radical (unpaired) electrons. The third kappa shape index (κ3) is 4.82. The lowest BCUT2D eigenvalue weighted by molar-refractivity contribution is -0.131. The predicted octanol–water partition coefficient (Wildman–Crippen LogP) is 0.678. The van der Waals surface area contributed by atoms with Gasteiger partial charge in [0.1, 0.15) is 0 Å². The largest absolute Gasteiger partial charge is 0.377 e. The number of piperazine rings is 1. The molecule has 0 saturated carbocycles. The normalized spacial score (nSPS) is 21.3. The Morgan fingerprint density at radius 3 is 2.62 bits per heavy atom. The summed E-state index contributed by atoms with van der Waals surface area (Å²) in [5, 5.41) is 3.21. The molecule has 8 heteroatoms. The lowest BCUT2D eigenvalue weighted by Crippen LogP contribution is -2.47. The summed E-state index contributed by atoms with van der Waals surface area (Å²) >= 11 is 0. The molecular weight excluding hydrogens is 354 g/mol. The van der Waals surface area contributed by atoms with Gasteiger partial charge in [-0.05, 0) is 25.0 Å². The molecule has 2 fully saturated rings. The van der Waals surface area contributed by atoms with E-state index in [4.69, 9.17) is 4.74 Å². The van der Waals surface area contributed by atoms with Gasteiger partial charge >= 0.3 is 0 Å². The Morgan fingerprint density at radius 1 is 1.23 bits per heavy atom. The summed E-state index contributed by atoms with van der Waals surface area (Å²) in [4.78, 5) is 14.5. The summed E-state index contributed by atoms with van der Waals surface area (Å²) in [6.45, 7) is 4.07. The minimum atomic E-state index is -3.64. The average Bonchev–Trinajstić information content (AvgIpc) is 3.19. The Balaban J connectivity index is 1.69. The van der Waals surface area contributed by atoms with Gasteiger partial charge in [-0.15, -0.1) is 0 Å². The van der Waals surface area contributed by atoms with Crippen LogP contribution in [0.15, 0.2) is 35.2 Å². The van der Waals surface area contributed by atoms with Gasteiger partial charge in [0.05, 0.1) is 11.0 Å². The van der Waals surface area contributed by atoms with Gasteiger partial charge in [0, 0.05) is 52.3 Å². The average molecular weight is 381 g/mol. The highest BCUT2D eigenvalue weighted by Crippen LogP contribution is 2.20. The monoisotopic (exact) mass is 381 g/mol. The van der Waals surface area contributed by atoms with Crippen LogP contribution in [-0.2, 0) is 19.6 Å². The van der Waals surface area contributed by atoms with Crippen LogP contribution in [0.25, 0.3) is 0 Å². The highest BCUT2D eigenvalue weighted by Gasteiger charge is 2.30. The van der Waals surface area contributed by atoms with Gasteiger partial charge in [0.2, 0.25) is 15.9 Å². The topological polar surface area (TPSA) is 79.0 Å². The van der Waals surface area contributed by atoms with E-state index in [0.29, 0.717) is 26.2 Å². The van der Waals surface area contributed by atoms with E-state index in [1.54, 1.807) is 35.2 Å². The zero-order valence-corrected chi connectivity index (χ0v) is 15.8. The van der Waals surface area contributed by atoms with E-state index in [-0.39, 0.29) is 29.9 Å². The van der Waals surface area contributed by atoms with Crippen molar-refractivity contribution in [2.75, 3.05) is 45.9 Å². The van der Waals surface area contributed by atoms with Gasteiger partial charge in [-0.3, -0.25) is 4.79 Å². The molecule has 0 bridgehead atoms. The van der Waals surface area contributed by atoms with Crippen molar-refractivity contribution in [3.05, 3.63) is 30.3 Å². The zero-order chi connectivity index (χ0) is 18.4. The molecule has 1 unspecified atom stereocenters. The summed E-state index contributed by atoms with van der Waals surface area (Å²) < 4.78 is 33.1. The van der Waals surface area contributed by atoms with Crippen LogP contribution < -0.4 is 5.32 Å². The molecule has 26 heavy (non-hydrogen) atoms. The third-order valence-corrected chi connectivity index (χ3v) is 6.74. The highest BCUT2D eigenvalue weighted by atomic mass is 32.2. The number of hydrogen-bond acceptors (Lipinski definition) is 5. The van der Waals surface area contributed by atoms with E-state index in [9.17, 15) is 13.2 Å². The van der Waals surface area contributed by atoms with Crippen LogP contribution in [0.1, 0.15) is 19.3 Å². The standard InChI is InChI=1S/C18H27N3O4S/c22-18(20-12-9-19-10-13-20)8-11-21(15-16-5-4-14-25-16)26(23,24)17-6-2-1-3-7-17/h1-3,6-7,16,19H,4-5,8-15H2. The molecule has 1 amide bonds. The van der Waals surface area contributed by atoms with Crippen LogP contribution in [0.2, 0.25) is 0 Å². The number of amides is 1. The van der Waals surface area contributed by atoms with Crippen molar-refractivity contribution in [2.45, 2.75) is 30.3 Å². The van der Waals surface area contributed by atoms with Crippen molar-refractivity contribution in [2.24, 2.45) is 0 Å². The van der Waals surface area contributed by atoms with E-state index in [1.165, 1.54) is 4.31 Å². The van der Waals surface area contributed by atoms with E-state index < -0.39 is 10.0 Å². The molecule has 1 N–H and O–H groups in total. The molecule has 2 heterocycles. The minimum Gasteiger partial charge on any atom is -0.377 e. The van der Waals surface area contributed by atoms with Gasteiger partial charge in [-0.2, -0.15) is 4.31 Å². The lowest BCUT2D eigenvalue weighted by Gasteiger charge is -2.29. The van der Waals surface area contributed by atoms with Gasteiger partial charge in [0.15, 0.2) is 0 Å². The van der Waals surface area contributed by atoms with Crippen molar-refractivity contribution in [1.29, 1.82) is 0 Å². The number of carbonyl (C=O) groups excluding carboxylic acids is 1. The van der Waals surface area contributed by atoms with E-state index in [0.717, 1.165) is 25.9 Å². The van der Waals surface area contributed by atoms with Crippen LogP contribution in [0, 0.1) is 0 Å². The minimum absolute atomic E-state index is 0.00658. The maximum Gasteiger partial charge on any atom is 0.243 e. The van der Waals surface area contributed by atoms with Gasteiger partial charge in [-0.1, -0.05) is 18.2 Å². The van der Waals surface area contributed by atoms with Gasteiger partial charge in [0.25, 0.3) is 0 Å². The predicted molar refractivity (Wildman–Crippen MR) is 98.2 cm³/mol. The second-order valence-corrected chi connectivity index (χ2v) is 8.63. The summed E-state index contributed by atoms with van der Waals surface area (Å²) in [5.74, 6) is 0.00658. The molecule has 0 spiro atoms. The molecule has 2 saturated heterocycles. The Kier molecular flexibility index (Phi) is 6.63. The number of nitrogens with one attached hydrogen (secondary N) is 1. The lowest BCUT2D eigenvalue weighted by atomic mass is 10.2. The second kappa shape index (κ2) is 8.94. The maximum atomic E-state index is 13.0. The van der Waals surface area contributed by atoms with Crippen LogP contribution >= 0.6 is 0 Å². The molecule has 1 atom stereocenters. The van der Waals surface area contributed by atoms with Gasteiger partial charge in [-0.25, -0.2) is 8.42 Å². The number of carbonyl (C=O) groups is 1. The number of rotatable bonds is 7. The van der Waals surface area contributed by atoms with Crippen molar-refractivity contribution in [1.82, 2.24) is 14.5 Å². The van der Waals surface area contributed by atoms with Crippen LogP contribution in [0.5, 0.6) is 0 Å². The first-order valence-electron chi connectivity index (χ1n) is 9.22. The van der Waals surface area contributed by atoms with Crippen LogP contribution in [-0.4, -0.2) is 75.5 Å². The first-order chi connectivity index (χ1) is 12.6. The molecule has 7 nitrogen and oxygen atoms in total. The first kappa shape index (κ1) is 19.3. The summed E-state index contributed by atoms with van der Waals surface area (Å²) in [7, 11) is -3.64. The fraction of sp³-hybridized carbons (Fsp3) is 0.611. The molecule has 144 valence electrons. The summed E-state index contributed by atoms with van der Waals surface area (Å²) in [6.07, 6.45) is 1.90. The Hall–Kier alpha value is -1.48. The fourth-order valence-corrected chi connectivity index (χ4v) is 4.85. The number of hydrogen-bond donors (Lipinski definition) is 1. The van der Waals surface area contributed by atoms with Crippen molar-refractivity contribution in [3.63, 3.8) is 0 Å². The molecule has 0 aromatic heterocycles. The van der Waals surface area contributed by atoms with E-state index in [2.05, 4.69) is 5.32 Å². The molecular formula is C18H27N3O4S. The third-order valence-electron chi connectivity index (χ3n) is 4.86. The highest BCUT2D eigenvalue weighted by molar-refractivity contribution is 7.89.